The molecule has 0 N–H and O–H groups in total. The highest BCUT2D eigenvalue weighted by molar-refractivity contribution is 5.94. The van der Waals surface area contributed by atoms with Crippen LogP contribution in [0.1, 0.15) is 86.2 Å². The molecule has 0 fully saturated rings. The fourth-order valence-corrected chi connectivity index (χ4v) is 7.83. The molecule has 0 radical (unpaired) electrons. The lowest BCUT2D eigenvalue weighted by molar-refractivity contribution is 0.449. The second-order valence-electron chi connectivity index (χ2n) is 12.6. The number of anilines is 4. The number of nitrogens with zero attached hydrogens (tertiary/aromatic N) is 4. The summed E-state index contributed by atoms with van der Waals surface area (Å²) in [4.78, 5) is 16.2. The smallest absolute Gasteiger partial charge is 0.179 e. The average molecular weight is 611 g/mol. The van der Waals surface area contributed by atoms with Gasteiger partial charge in [-0.05, 0) is 61.3 Å². The predicted octanol–water partition coefficient (Wildman–Crippen LogP) is 11.3. The van der Waals surface area contributed by atoms with E-state index in [1.807, 2.05) is 27.7 Å². The minimum absolute atomic E-state index is 0.0361. The van der Waals surface area contributed by atoms with Crippen molar-refractivity contribution in [2.45, 2.75) is 86.2 Å². The molecule has 5 aliphatic rings. The van der Waals surface area contributed by atoms with Crippen LogP contribution >= 0.6 is 0 Å². The number of hydrogen-bond acceptors (Lipinski definition) is 4. The van der Waals surface area contributed by atoms with E-state index in [1.165, 1.54) is 39.1 Å². The average Bonchev–Trinajstić information content (AvgIpc) is 3.55. The molecule has 238 valence electrons. The molecule has 3 aromatic rings. The van der Waals surface area contributed by atoms with Crippen molar-refractivity contribution < 1.29 is 0 Å². The second kappa shape index (κ2) is 12.4. The molecule has 46 heavy (non-hydrogen) atoms. The van der Waals surface area contributed by atoms with Gasteiger partial charge in [0.15, 0.2) is 11.6 Å². The highest BCUT2D eigenvalue weighted by Crippen LogP contribution is 2.61. The van der Waals surface area contributed by atoms with Gasteiger partial charge in [0.1, 0.15) is 6.17 Å². The second-order valence-corrected chi connectivity index (χ2v) is 12.6. The van der Waals surface area contributed by atoms with Gasteiger partial charge < -0.3 is 9.80 Å². The topological polar surface area (TPSA) is 32.3 Å². The van der Waals surface area contributed by atoms with Crippen molar-refractivity contribution >= 4 is 28.6 Å². The van der Waals surface area contributed by atoms with Crippen molar-refractivity contribution in [1.82, 2.24) is 9.97 Å². The molecule has 0 saturated heterocycles. The zero-order chi connectivity index (χ0) is 33.6. The summed E-state index contributed by atoms with van der Waals surface area (Å²) in [6.45, 7) is 27.9. The lowest BCUT2D eigenvalue weighted by Gasteiger charge is -2.43. The van der Waals surface area contributed by atoms with E-state index in [4.69, 9.17) is 9.97 Å². The van der Waals surface area contributed by atoms with Gasteiger partial charge >= 0.3 is 0 Å². The summed E-state index contributed by atoms with van der Waals surface area (Å²) in [5, 5.41) is 0. The van der Waals surface area contributed by atoms with Gasteiger partial charge in [-0.1, -0.05) is 121 Å². The van der Waals surface area contributed by atoms with Crippen molar-refractivity contribution in [2.75, 3.05) is 9.80 Å². The minimum Gasteiger partial charge on any atom is -0.301 e. The third-order valence-electron chi connectivity index (χ3n) is 10.0. The van der Waals surface area contributed by atoms with Gasteiger partial charge in [0.25, 0.3) is 0 Å². The molecule has 4 heteroatoms. The molecule has 0 saturated carbocycles. The number of benzene rings is 2. The van der Waals surface area contributed by atoms with E-state index in [0.29, 0.717) is 5.92 Å². The summed E-state index contributed by atoms with van der Waals surface area (Å²) in [6.07, 6.45) is 11.4. The number of aromatic nitrogens is 2. The van der Waals surface area contributed by atoms with E-state index in [9.17, 15) is 0 Å². The van der Waals surface area contributed by atoms with E-state index in [-0.39, 0.29) is 17.0 Å². The zero-order valence-corrected chi connectivity index (χ0v) is 29.4. The van der Waals surface area contributed by atoms with E-state index < -0.39 is 0 Å². The molecule has 3 aliphatic carbocycles. The van der Waals surface area contributed by atoms with E-state index in [0.717, 1.165) is 28.7 Å². The lowest BCUT2D eigenvalue weighted by Crippen LogP contribution is -2.46. The van der Waals surface area contributed by atoms with Gasteiger partial charge in [-0.3, -0.25) is 0 Å². The number of hydrogen-bond donors (Lipinski definition) is 0. The number of rotatable bonds is 1. The monoisotopic (exact) mass is 610 g/mol. The van der Waals surface area contributed by atoms with E-state index in [2.05, 4.69) is 149 Å². The summed E-state index contributed by atoms with van der Waals surface area (Å²) in [7, 11) is 0. The molecule has 1 aromatic heterocycles. The maximum atomic E-state index is 5.68. The van der Waals surface area contributed by atoms with Crippen molar-refractivity contribution in [2.24, 2.45) is 5.92 Å². The normalized spacial score (nSPS) is 23.6. The van der Waals surface area contributed by atoms with E-state index >= 15 is 0 Å². The summed E-state index contributed by atoms with van der Waals surface area (Å²) in [5.74, 6) is 2.21. The van der Waals surface area contributed by atoms with Gasteiger partial charge in [0.05, 0.1) is 16.8 Å². The first-order chi connectivity index (χ1) is 22.2. The molecule has 2 aromatic carbocycles. The maximum Gasteiger partial charge on any atom is 0.179 e. The Bertz CT molecular complexity index is 1800. The van der Waals surface area contributed by atoms with Crippen LogP contribution in [0.3, 0.4) is 0 Å². The van der Waals surface area contributed by atoms with E-state index in [1.54, 1.807) is 0 Å². The number of allylic oxidation sites excluding steroid dienone is 10. The van der Waals surface area contributed by atoms with Gasteiger partial charge in [0.2, 0.25) is 0 Å². The van der Waals surface area contributed by atoms with Crippen LogP contribution in [0.4, 0.5) is 23.0 Å². The highest BCUT2D eigenvalue weighted by Gasteiger charge is 2.56. The molecular weight excluding hydrogens is 560 g/mol. The molecule has 3 unspecified atom stereocenters. The summed E-state index contributed by atoms with van der Waals surface area (Å²) < 4.78 is 0. The van der Waals surface area contributed by atoms with Gasteiger partial charge in [0, 0.05) is 28.3 Å². The zero-order valence-electron chi connectivity index (χ0n) is 29.4. The summed E-state index contributed by atoms with van der Waals surface area (Å²) in [5.41, 5.74) is 11.9. The number of fused-ring (bicyclic) bond motifs is 10. The minimum atomic E-state index is -0.340. The van der Waals surface area contributed by atoms with Crippen LogP contribution in [0.2, 0.25) is 0 Å². The molecule has 3 atom stereocenters. The van der Waals surface area contributed by atoms with Gasteiger partial charge in [-0.2, -0.15) is 0 Å². The Kier molecular flexibility index (Phi) is 8.88. The molecular formula is C42H50N4. The quantitative estimate of drug-likeness (QED) is 0.257. The fourth-order valence-electron chi connectivity index (χ4n) is 7.83. The van der Waals surface area contributed by atoms with Gasteiger partial charge in [-0.25, -0.2) is 9.97 Å². The fraction of sp³-hybridized carbons (Fsp3) is 0.333. The van der Waals surface area contributed by atoms with Crippen LogP contribution in [-0.2, 0) is 10.8 Å². The van der Waals surface area contributed by atoms with Crippen LogP contribution in [0.5, 0.6) is 0 Å². The Morgan fingerprint density at radius 3 is 2.11 bits per heavy atom. The van der Waals surface area contributed by atoms with Crippen LogP contribution in [-0.4, -0.2) is 16.1 Å². The number of para-hydroxylation sites is 2. The van der Waals surface area contributed by atoms with Crippen molar-refractivity contribution in [3.63, 3.8) is 0 Å². The highest BCUT2D eigenvalue weighted by atomic mass is 15.5. The van der Waals surface area contributed by atoms with Crippen LogP contribution < -0.4 is 9.80 Å². The van der Waals surface area contributed by atoms with Crippen molar-refractivity contribution in [3.8, 4) is 0 Å². The summed E-state index contributed by atoms with van der Waals surface area (Å²) in [6, 6.07) is 19.6. The molecule has 2 aliphatic heterocycles. The molecule has 0 amide bonds. The molecule has 0 spiro atoms. The molecule has 0 bridgehead atoms. The van der Waals surface area contributed by atoms with Crippen LogP contribution in [0, 0.1) is 5.92 Å². The summed E-state index contributed by atoms with van der Waals surface area (Å²) >= 11 is 0. The van der Waals surface area contributed by atoms with Gasteiger partial charge in [-0.15, -0.1) is 13.2 Å². The first-order valence-corrected chi connectivity index (χ1v) is 16.9. The maximum absolute atomic E-state index is 5.68. The van der Waals surface area contributed by atoms with Crippen molar-refractivity contribution in [1.29, 1.82) is 0 Å². The Balaban J connectivity index is 0.000000658. The third-order valence-corrected chi connectivity index (χ3v) is 10.0. The molecule has 3 heterocycles. The van der Waals surface area contributed by atoms with Crippen molar-refractivity contribution in [3.05, 3.63) is 137 Å². The van der Waals surface area contributed by atoms with Crippen LogP contribution in [0.15, 0.2) is 120 Å². The third kappa shape index (κ3) is 4.40. The largest absolute Gasteiger partial charge is 0.301 e. The lowest BCUT2D eigenvalue weighted by atomic mass is 9.61. The molecule has 4 nitrogen and oxygen atoms in total. The standard InChI is InChI=1S/C36H34N4.2C2H6.C2H4/c1-21-19-20-22(2)29-28(21)26-17-12-13-23(3)36(26,6)31-30(29)37-32-33(38-31)39(24-14-8-7-9-15-24)34-35(4,5)25-16-10-11-18-27(25)40(32)34;3*1-2/h7-21,34H,1-6H3;2*1-2H3;1-2H2. The Morgan fingerprint density at radius 1 is 0.783 bits per heavy atom. The Labute approximate surface area is 277 Å². The SMILES string of the molecule is C=C.CC.CC.CC1=CC=CC2=C3C(=C(C)C=CC3C)c3nc4c(nc3C12C)N(c1ccccc1)C1N4c2ccccc2C1(C)C. The molecule has 8 rings (SSSR count). The Morgan fingerprint density at radius 2 is 1.41 bits per heavy atom. The first kappa shape index (κ1) is 32.9. The Hall–Kier alpha value is -4.44. The first-order valence-electron chi connectivity index (χ1n) is 16.9. The van der Waals surface area contributed by atoms with Crippen LogP contribution in [0.25, 0.3) is 5.57 Å². The predicted molar refractivity (Wildman–Crippen MR) is 198 cm³/mol.